The summed E-state index contributed by atoms with van der Waals surface area (Å²) in [6.07, 6.45) is 1.74. The number of amides is 1. The van der Waals surface area contributed by atoms with Gasteiger partial charge in [-0.15, -0.1) is 0 Å². The second kappa shape index (κ2) is 11.1. The predicted octanol–water partition coefficient (Wildman–Crippen LogP) is 5.09. The predicted molar refractivity (Wildman–Crippen MR) is 148 cm³/mol. The Bertz CT molecular complexity index is 1660. The number of nitrogens with zero attached hydrogens (tertiary/aromatic N) is 4. The monoisotopic (exact) mass is 584 g/mol. The Labute approximate surface area is 238 Å². The molecule has 4 aromatic rings. The lowest BCUT2D eigenvalue weighted by Gasteiger charge is -2.22. The third-order valence-corrected chi connectivity index (χ3v) is 7.13. The minimum Gasteiger partial charge on any atom is -0.494 e. The van der Waals surface area contributed by atoms with Gasteiger partial charge in [-0.25, -0.2) is 4.39 Å². The van der Waals surface area contributed by atoms with E-state index in [1.807, 2.05) is 0 Å². The first-order valence-electron chi connectivity index (χ1n) is 12.2. The largest absolute Gasteiger partial charge is 0.494 e. The number of carbonyl (C=O) groups excluding carboxylic acids is 1. The van der Waals surface area contributed by atoms with Crippen molar-refractivity contribution in [3.05, 3.63) is 92.2 Å². The number of methoxy groups -OCH3 is 2. The van der Waals surface area contributed by atoms with Crippen LogP contribution in [-0.2, 0) is 0 Å². The molecule has 1 unspecified atom stereocenters. The number of hydrogen-bond donors (Lipinski definition) is 1. The fourth-order valence-corrected chi connectivity index (χ4v) is 5.17. The van der Waals surface area contributed by atoms with Gasteiger partial charge in [0, 0.05) is 35.8 Å². The molecule has 1 fully saturated rings. The highest BCUT2D eigenvalue weighted by Crippen LogP contribution is 2.39. The number of halogens is 3. The summed E-state index contributed by atoms with van der Waals surface area (Å²) in [6, 6.07) is 12.7. The first kappa shape index (κ1) is 27.4. The van der Waals surface area contributed by atoms with Crippen LogP contribution in [0.3, 0.4) is 0 Å². The summed E-state index contributed by atoms with van der Waals surface area (Å²) in [4.78, 5) is 36.7. The smallest absolute Gasteiger partial charge is 0.290 e. The summed E-state index contributed by atoms with van der Waals surface area (Å²) < 4.78 is 26.8. The molecule has 1 aliphatic rings. The molecular weight excluding hydrogens is 562 g/mol. The zero-order valence-electron chi connectivity index (χ0n) is 21.4. The van der Waals surface area contributed by atoms with E-state index < -0.39 is 34.6 Å². The van der Waals surface area contributed by atoms with Crippen LogP contribution in [0.2, 0.25) is 10.0 Å². The molecule has 1 saturated heterocycles. The summed E-state index contributed by atoms with van der Waals surface area (Å²) in [7, 11) is 2.87. The van der Waals surface area contributed by atoms with Gasteiger partial charge in [0.25, 0.3) is 11.5 Å². The van der Waals surface area contributed by atoms with Crippen molar-refractivity contribution in [2.75, 3.05) is 27.3 Å². The molecule has 1 N–H and O–H groups in total. The average molecular weight is 585 g/mol. The van der Waals surface area contributed by atoms with E-state index >= 15 is 0 Å². The van der Waals surface area contributed by atoms with Crippen molar-refractivity contribution >= 4 is 29.1 Å². The molecule has 2 aromatic carbocycles. The summed E-state index contributed by atoms with van der Waals surface area (Å²) >= 11 is 12.0. The van der Waals surface area contributed by atoms with Crippen molar-refractivity contribution in [1.29, 1.82) is 0 Å². The molecule has 0 spiro atoms. The Balaban J connectivity index is 1.65. The van der Waals surface area contributed by atoms with E-state index in [1.54, 1.807) is 42.5 Å². The van der Waals surface area contributed by atoms with E-state index in [0.29, 0.717) is 17.0 Å². The maximum Gasteiger partial charge on any atom is 0.290 e. The summed E-state index contributed by atoms with van der Waals surface area (Å²) in [5.74, 6) is -1.84. The number of likely N-dealkylation sites (tertiary alicyclic amines) is 1. The minimum atomic E-state index is -0.943. The lowest BCUT2D eigenvalue weighted by atomic mass is 10.0. The highest BCUT2D eigenvalue weighted by Gasteiger charge is 2.35. The zero-order valence-corrected chi connectivity index (χ0v) is 22.9. The zero-order chi connectivity index (χ0) is 28.6. The number of para-hydroxylation sites is 1. The molecule has 12 heteroatoms. The van der Waals surface area contributed by atoms with Crippen molar-refractivity contribution in [3.8, 4) is 34.5 Å². The lowest BCUT2D eigenvalue weighted by molar-refractivity contribution is 0.0784. The number of benzene rings is 2. The van der Waals surface area contributed by atoms with Crippen LogP contribution in [0.1, 0.15) is 28.4 Å². The van der Waals surface area contributed by atoms with Crippen molar-refractivity contribution in [2.45, 2.75) is 12.3 Å². The first-order valence-corrected chi connectivity index (χ1v) is 12.9. The Morgan fingerprint density at radius 2 is 1.77 bits per heavy atom. The van der Waals surface area contributed by atoms with Gasteiger partial charge in [0.05, 0.1) is 24.9 Å². The molecular formula is C28H23Cl2FN4O5. The van der Waals surface area contributed by atoms with E-state index in [-0.39, 0.29) is 46.8 Å². The maximum absolute atomic E-state index is 14.5. The second-order valence-electron chi connectivity index (χ2n) is 9.05. The molecule has 0 saturated carbocycles. The molecule has 3 heterocycles. The van der Waals surface area contributed by atoms with E-state index in [0.717, 1.165) is 6.07 Å². The highest BCUT2D eigenvalue weighted by molar-refractivity contribution is 6.31. The third kappa shape index (κ3) is 4.96. The van der Waals surface area contributed by atoms with E-state index in [4.69, 9.17) is 32.7 Å². The lowest BCUT2D eigenvalue weighted by Crippen LogP contribution is -2.34. The van der Waals surface area contributed by atoms with Crippen LogP contribution in [0.15, 0.2) is 59.5 Å². The molecule has 1 amide bonds. The summed E-state index contributed by atoms with van der Waals surface area (Å²) in [5, 5.41) is 12.1. The van der Waals surface area contributed by atoms with Crippen LogP contribution >= 0.6 is 23.2 Å². The normalized spacial score (nSPS) is 14.8. The number of carbonyl (C=O) groups is 1. The maximum atomic E-state index is 14.5. The van der Waals surface area contributed by atoms with Crippen molar-refractivity contribution in [3.63, 3.8) is 0 Å². The number of aromatic hydroxyl groups is 1. The molecule has 1 atom stereocenters. The Hall–Kier alpha value is -4.15. The van der Waals surface area contributed by atoms with Gasteiger partial charge in [-0.3, -0.25) is 19.1 Å². The molecule has 0 aliphatic carbocycles. The SMILES string of the molecule is COc1cccc(OC)c1-n1c(-c2cccc(Cl)c2)nc(=O)c(C(=O)N2CCC(c3ncc(Cl)cc3F)C2)c1O. The van der Waals surface area contributed by atoms with Gasteiger partial charge in [-0.1, -0.05) is 41.4 Å². The van der Waals surface area contributed by atoms with E-state index in [2.05, 4.69) is 9.97 Å². The van der Waals surface area contributed by atoms with Crippen LogP contribution in [0.25, 0.3) is 17.1 Å². The fraction of sp³-hybridized carbons (Fsp3) is 0.214. The van der Waals surface area contributed by atoms with Gasteiger partial charge in [0.1, 0.15) is 23.0 Å². The third-order valence-electron chi connectivity index (χ3n) is 6.69. The van der Waals surface area contributed by atoms with Gasteiger partial charge < -0.3 is 19.5 Å². The number of ether oxygens (including phenoxy) is 2. The Kier molecular flexibility index (Phi) is 7.64. The number of hydrogen-bond acceptors (Lipinski definition) is 7. The van der Waals surface area contributed by atoms with Crippen molar-refractivity contribution < 1.29 is 23.8 Å². The van der Waals surface area contributed by atoms with Crippen LogP contribution in [0.4, 0.5) is 4.39 Å². The van der Waals surface area contributed by atoms with Crippen LogP contribution in [0.5, 0.6) is 17.4 Å². The van der Waals surface area contributed by atoms with Gasteiger partial charge in [-0.05, 0) is 36.8 Å². The number of pyridine rings is 1. The fourth-order valence-electron chi connectivity index (χ4n) is 4.83. The van der Waals surface area contributed by atoms with E-state index in [1.165, 1.54) is 29.9 Å². The molecule has 9 nitrogen and oxygen atoms in total. The molecule has 0 radical (unpaired) electrons. The first-order chi connectivity index (χ1) is 19.2. The topological polar surface area (TPSA) is 107 Å². The molecule has 206 valence electrons. The molecule has 40 heavy (non-hydrogen) atoms. The van der Waals surface area contributed by atoms with Gasteiger partial charge in [0.2, 0.25) is 5.88 Å². The van der Waals surface area contributed by atoms with Gasteiger partial charge in [0.15, 0.2) is 11.4 Å². The number of aromatic nitrogens is 3. The average Bonchev–Trinajstić information content (AvgIpc) is 3.42. The molecule has 2 aromatic heterocycles. The molecule has 1 aliphatic heterocycles. The Morgan fingerprint density at radius 3 is 2.42 bits per heavy atom. The standard InChI is InChI=1S/C28H23Cl2FN4O5/c1-39-20-7-4-8-21(40-2)24(20)35-25(15-5-3-6-17(29)11-15)33-26(36)22(28(35)38)27(37)34-10-9-16(14-34)23-19(31)12-18(30)13-32-23/h3-8,11-13,16,38H,9-10,14H2,1-2H3. The van der Waals surface area contributed by atoms with Crippen LogP contribution < -0.4 is 15.0 Å². The van der Waals surface area contributed by atoms with Crippen molar-refractivity contribution in [1.82, 2.24) is 19.4 Å². The van der Waals surface area contributed by atoms with Gasteiger partial charge in [-0.2, -0.15) is 4.98 Å². The second-order valence-corrected chi connectivity index (χ2v) is 9.93. The quantitative estimate of drug-likeness (QED) is 0.336. The minimum absolute atomic E-state index is 0.0103. The van der Waals surface area contributed by atoms with E-state index in [9.17, 15) is 19.1 Å². The van der Waals surface area contributed by atoms with Crippen LogP contribution in [-0.4, -0.2) is 57.8 Å². The van der Waals surface area contributed by atoms with Crippen molar-refractivity contribution in [2.24, 2.45) is 0 Å². The molecule has 5 rings (SSSR count). The Morgan fingerprint density at radius 1 is 1.07 bits per heavy atom. The molecule has 0 bridgehead atoms. The highest BCUT2D eigenvalue weighted by atomic mass is 35.5. The van der Waals surface area contributed by atoms with Crippen LogP contribution in [0, 0.1) is 5.82 Å². The summed E-state index contributed by atoms with van der Waals surface area (Å²) in [5.41, 5.74) is -0.703. The summed E-state index contributed by atoms with van der Waals surface area (Å²) in [6.45, 7) is 0.289. The van der Waals surface area contributed by atoms with Gasteiger partial charge >= 0.3 is 0 Å². The number of rotatable bonds is 6.